The van der Waals surface area contributed by atoms with Crippen LogP contribution in [-0.4, -0.2) is 24.7 Å². The molecule has 1 aromatic heterocycles. The molecule has 0 fully saturated rings. The van der Waals surface area contributed by atoms with Crippen LogP contribution in [0.15, 0.2) is 104 Å². The van der Waals surface area contributed by atoms with E-state index < -0.39 is 11.9 Å². The van der Waals surface area contributed by atoms with E-state index in [0.29, 0.717) is 15.8 Å². The number of nitrogens with one attached hydrogen (secondary N) is 1. The molecule has 4 aromatic rings. The molecule has 0 aliphatic heterocycles. The van der Waals surface area contributed by atoms with Gasteiger partial charge in [0.2, 0.25) is 5.76 Å². The number of carbonyl (C=O) groups is 2. The van der Waals surface area contributed by atoms with E-state index in [0.717, 1.165) is 15.6 Å². The lowest BCUT2D eigenvalue weighted by atomic mass is 10.1. The molecule has 0 bridgehead atoms. The molecule has 0 atom stereocenters. The quantitative estimate of drug-likeness (QED) is 0.113. The smallest absolute Gasteiger partial charge is 0.379 e. The fraction of sp³-hybridized carbons (Fsp3) is 0.0385. The summed E-state index contributed by atoms with van der Waals surface area (Å²) in [4.78, 5) is 24.7. The molecule has 35 heavy (non-hydrogen) atoms. The summed E-state index contributed by atoms with van der Waals surface area (Å²) in [7, 11) is 0. The Balaban J connectivity index is 1.41. The van der Waals surface area contributed by atoms with Crippen molar-refractivity contribution in [1.29, 1.82) is 0 Å². The highest BCUT2D eigenvalue weighted by molar-refractivity contribution is 9.11. The predicted octanol–water partition coefficient (Wildman–Crippen LogP) is 6.22. The summed E-state index contributed by atoms with van der Waals surface area (Å²) < 4.78 is 17.5. The third-order valence-electron chi connectivity index (χ3n) is 4.68. The van der Waals surface area contributed by atoms with E-state index in [9.17, 15) is 9.59 Å². The van der Waals surface area contributed by atoms with Crippen molar-refractivity contribution in [3.8, 4) is 22.6 Å². The summed E-state index contributed by atoms with van der Waals surface area (Å²) >= 11 is 6.77. The number of hydrogen-bond acceptors (Lipinski definition) is 6. The minimum absolute atomic E-state index is 0.0592. The SMILES string of the molecule is O=C(COc1ccccc1-c1ccccc1)N/N=C\c1cc(Br)cc(Br)c1OC(=O)c1ccco1. The summed E-state index contributed by atoms with van der Waals surface area (Å²) in [6, 6.07) is 23.7. The Bertz CT molecular complexity index is 1360. The van der Waals surface area contributed by atoms with Gasteiger partial charge in [0.15, 0.2) is 12.4 Å². The Kier molecular flexibility index (Phi) is 8.12. The summed E-state index contributed by atoms with van der Waals surface area (Å²) in [5.41, 5.74) is 4.74. The fourth-order valence-corrected chi connectivity index (χ4v) is 4.46. The molecule has 9 heteroatoms. The second-order valence-electron chi connectivity index (χ2n) is 7.12. The van der Waals surface area contributed by atoms with Crippen LogP contribution in [0.4, 0.5) is 0 Å². The van der Waals surface area contributed by atoms with Crippen molar-refractivity contribution in [3.63, 3.8) is 0 Å². The van der Waals surface area contributed by atoms with Crippen molar-refractivity contribution in [2.24, 2.45) is 5.10 Å². The first-order valence-electron chi connectivity index (χ1n) is 10.3. The van der Waals surface area contributed by atoms with Crippen LogP contribution in [0, 0.1) is 0 Å². The van der Waals surface area contributed by atoms with Gasteiger partial charge in [-0.3, -0.25) is 4.79 Å². The zero-order chi connectivity index (χ0) is 24.6. The Morgan fingerprint density at radius 2 is 1.74 bits per heavy atom. The molecular weight excluding hydrogens is 580 g/mol. The minimum atomic E-state index is -0.665. The van der Waals surface area contributed by atoms with Crippen LogP contribution in [0.5, 0.6) is 11.5 Å². The lowest BCUT2D eigenvalue weighted by molar-refractivity contribution is -0.123. The van der Waals surface area contributed by atoms with Crippen molar-refractivity contribution in [2.45, 2.75) is 0 Å². The van der Waals surface area contributed by atoms with Crippen molar-refractivity contribution < 1.29 is 23.5 Å². The lowest BCUT2D eigenvalue weighted by Crippen LogP contribution is -2.24. The topological polar surface area (TPSA) is 90.1 Å². The predicted molar refractivity (Wildman–Crippen MR) is 139 cm³/mol. The van der Waals surface area contributed by atoms with Gasteiger partial charge in [0, 0.05) is 15.6 Å². The number of hydrazone groups is 1. The maximum Gasteiger partial charge on any atom is 0.379 e. The van der Waals surface area contributed by atoms with E-state index in [1.54, 1.807) is 24.3 Å². The molecule has 0 unspecified atom stereocenters. The monoisotopic (exact) mass is 596 g/mol. The number of nitrogens with zero attached hydrogens (tertiary/aromatic N) is 1. The molecule has 7 nitrogen and oxygen atoms in total. The van der Waals surface area contributed by atoms with Gasteiger partial charge >= 0.3 is 5.97 Å². The average Bonchev–Trinajstić information content (AvgIpc) is 3.41. The van der Waals surface area contributed by atoms with Gasteiger partial charge in [-0.05, 0) is 51.8 Å². The highest BCUT2D eigenvalue weighted by Crippen LogP contribution is 2.33. The maximum absolute atomic E-state index is 12.3. The number of esters is 1. The van der Waals surface area contributed by atoms with Gasteiger partial charge in [0.1, 0.15) is 5.75 Å². The highest BCUT2D eigenvalue weighted by atomic mass is 79.9. The number of carbonyl (C=O) groups excluding carboxylic acids is 2. The van der Waals surface area contributed by atoms with Gasteiger partial charge < -0.3 is 13.9 Å². The minimum Gasteiger partial charge on any atom is -0.483 e. The zero-order valence-corrected chi connectivity index (χ0v) is 21.3. The van der Waals surface area contributed by atoms with Gasteiger partial charge in [0.05, 0.1) is 17.0 Å². The Labute approximate surface area is 218 Å². The lowest BCUT2D eigenvalue weighted by Gasteiger charge is -2.11. The molecule has 0 aliphatic carbocycles. The van der Waals surface area contributed by atoms with E-state index in [2.05, 4.69) is 42.4 Å². The number of benzene rings is 3. The normalized spacial score (nSPS) is 10.8. The zero-order valence-electron chi connectivity index (χ0n) is 18.1. The van der Waals surface area contributed by atoms with E-state index in [1.165, 1.54) is 18.5 Å². The average molecular weight is 598 g/mol. The van der Waals surface area contributed by atoms with Crippen molar-refractivity contribution in [2.75, 3.05) is 6.61 Å². The van der Waals surface area contributed by atoms with Gasteiger partial charge in [-0.2, -0.15) is 5.10 Å². The van der Waals surface area contributed by atoms with E-state index in [1.807, 2.05) is 48.5 Å². The van der Waals surface area contributed by atoms with Crippen LogP contribution >= 0.6 is 31.9 Å². The molecular formula is C26H18Br2N2O5. The van der Waals surface area contributed by atoms with Gasteiger partial charge in [-0.15, -0.1) is 0 Å². The van der Waals surface area contributed by atoms with Crippen LogP contribution in [0.1, 0.15) is 16.1 Å². The number of ether oxygens (including phenoxy) is 2. The largest absolute Gasteiger partial charge is 0.483 e. The Morgan fingerprint density at radius 1 is 0.971 bits per heavy atom. The number of halogens is 2. The molecule has 1 amide bonds. The summed E-state index contributed by atoms with van der Waals surface area (Å²) in [6.45, 7) is -0.232. The molecule has 0 saturated carbocycles. The first-order valence-corrected chi connectivity index (χ1v) is 11.9. The van der Waals surface area contributed by atoms with Gasteiger partial charge in [-0.1, -0.05) is 64.5 Å². The maximum atomic E-state index is 12.3. The molecule has 3 aromatic carbocycles. The number of furan rings is 1. The number of hydrogen-bond donors (Lipinski definition) is 1. The van der Waals surface area contributed by atoms with Crippen molar-refractivity contribution in [3.05, 3.63) is 105 Å². The fourth-order valence-electron chi connectivity index (χ4n) is 3.12. The van der Waals surface area contributed by atoms with Crippen LogP contribution in [-0.2, 0) is 4.79 Å². The first kappa shape index (κ1) is 24.4. The molecule has 0 radical (unpaired) electrons. The van der Waals surface area contributed by atoms with Crippen LogP contribution < -0.4 is 14.9 Å². The highest BCUT2D eigenvalue weighted by Gasteiger charge is 2.17. The first-order chi connectivity index (χ1) is 17.0. The standard InChI is InChI=1S/C26H18Br2N2O5/c27-19-13-18(25(21(28)14-19)35-26(32)23-11-6-12-33-23)15-29-30-24(31)16-34-22-10-5-4-9-20(22)17-7-2-1-3-8-17/h1-15H,16H2,(H,30,31)/b29-15-. The molecule has 1 N–H and O–H groups in total. The summed E-state index contributed by atoms with van der Waals surface area (Å²) in [6.07, 6.45) is 2.75. The van der Waals surface area contributed by atoms with Crippen LogP contribution in [0.25, 0.3) is 11.1 Å². The second kappa shape index (κ2) is 11.6. The number of rotatable bonds is 8. The van der Waals surface area contributed by atoms with E-state index in [4.69, 9.17) is 13.9 Å². The van der Waals surface area contributed by atoms with Gasteiger partial charge in [0.25, 0.3) is 5.91 Å². The summed E-state index contributed by atoms with van der Waals surface area (Å²) in [5.74, 6) is -0.250. The Hall–Kier alpha value is -3.69. The molecule has 4 rings (SSSR count). The number of para-hydroxylation sites is 1. The van der Waals surface area contributed by atoms with Crippen LogP contribution in [0.2, 0.25) is 0 Å². The van der Waals surface area contributed by atoms with Crippen molar-refractivity contribution in [1.82, 2.24) is 5.43 Å². The molecule has 176 valence electrons. The van der Waals surface area contributed by atoms with E-state index in [-0.39, 0.29) is 18.1 Å². The molecule has 0 saturated heterocycles. The Morgan fingerprint density at radius 3 is 2.51 bits per heavy atom. The number of amides is 1. The third kappa shape index (κ3) is 6.46. The summed E-state index contributed by atoms with van der Waals surface area (Å²) in [5, 5.41) is 3.99. The third-order valence-corrected chi connectivity index (χ3v) is 5.72. The second-order valence-corrected chi connectivity index (χ2v) is 8.89. The van der Waals surface area contributed by atoms with E-state index >= 15 is 0 Å². The molecule has 0 aliphatic rings. The molecule has 1 heterocycles. The molecule has 0 spiro atoms. The van der Waals surface area contributed by atoms with Crippen LogP contribution in [0.3, 0.4) is 0 Å². The van der Waals surface area contributed by atoms with Gasteiger partial charge in [-0.25, -0.2) is 10.2 Å². The van der Waals surface area contributed by atoms with Crippen molar-refractivity contribution >= 4 is 50.0 Å².